The average Bonchev–Trinajstić information content (AvgIpc) is 2.16. The van der Waals surface area contributed by atoms with Crippen LogP contribution < -0.4 is 4.90 Å². The van der Waals surface area contributed by atoms with E-state index < -0.39 is 0 Å². The maximum atomic E-state index is 9.04. The Balaban J connectivity index is 3.10. The Morgan fingerprint density at radius 2 is 1.85 bits per heavy atom. The summed E-state index contributed by atoms with van der Waals surface area (Å²) in [5.74, 6) is 0. The third kappa shape index (κ3) is 2.20. The predicted molar refractivity (Wildman–Crippen MR) is 52.6 cm³/mol. The van der Waals surface area contributed by atoms with Crippen LogP contribution >= 0.6 is 0 Å². The summed E-state index contributed by atoms with van der Waals surface area (Å²) in [5, 5.41) is 18.0. The lowest BCUT2D eigenvalue weighted by Crippen LogP contribution is -2.11. The highest BCUT2D eigenvalue weighted by Gasteiger charge is 2.04. The van der Waals surface area contributed by atoms with Crippen molar-refractivity contribution in [2.75, 3.05) is 19.0 Å². The van der Waals surface area contributed by atoms with Gasteiger partial charge in [0.25, 0.3) is 0 Å². The van der Waals surface area contributed by atoms with Gasteiger partial charge in [0.1, 0.15) is 0 Å². The van der Waals surface area contributed by atoms with E-state index in [1.54, 1.807) is 0 Å². The van der Waals surface area contributed by atoms with E-state index >= 15 is 0 Å². The summed E-state index contributed by atoms with van der Waals surface area (Å²) < 4.78 is 0. The number of anilines is 1. The SMILES string of the molecule is CN(C)c1cc(CO)ccc1CO. The standard InChI is InChI=1S/C10H15NO2/c1-11(2)10-5-8(6-12)3-4-9(10)7-13/h3-5,12-13H,6-7H2,1-2H3. The van der Waals surface area contributed by atoms with Gasteiger partial charge in [-0.2, -0.15) is 0 Å². The largest absolute Gasteiger partial charge is 0.392 e. The summed E-state index contributed by atoms with van der Waals surface area (Å²) in [6.07, 6.45) is 0. The summed E-state index contributed by atoms with van der Waals surface area (Å²) in [5.41, 5.74) is 2.69. The number of benzene rings is 1. The Morgan fingerprint density at radius 3 is 2.31 bits per heavy atom. The summed E-state index contributed by atoms with van der Waals surface area (Å²) >= 11 is 0. The van der Waals surface area contributed by atoms with Gasteiger partial charge < -0.3 is 15.1 Å². The molecule has 0 spiro atoms. The first-order chi connectivity index (χ1) is 6.19. The normalized spacial score (nSPS) is 10.2. The van der Waals surface area contributed by atoms with Gasteiger partial charge in [-0.1, -0.05) is 12.1 Å². The van der Waals surface area contributed by atoms with E-state index in [1.165, 1.54) is 0 Å². The molecule has 0 bridgehead atoms. The Hall–Kier alpha value is -1.06. The van der Waals surface area contributed by atoms with E-state index in [9.17, 15) is 0 Å². The quantitative estimate of drug-likeness (QED) is 0.722. The Morgan fingerprint density at radius 1 is 1.15 bits per heavy atom. The lowest BCUT2D eigenvalue weighted by Gasteiger charge is -2.17. The number of nitrogens with zero attached hydrogens (tertiary/aromatic N) is 1. The molecule has 0 amide bonds. The fraction of sp³-hybridized carbons (Fsp3) is 0.400. The molecule has 1 rings (SSSR count). The molecule has 1 aromatic rings. The van der Waals surface area contributed by atoms with E-state index in [4.69, 9.17) is 10.2 Å². The molecule has 3 nitrogen and oxygen atoms in total. The van der Waals surface area contributed by atoms with Crippen molar-refractivity contribution in [1.82, 2.24) is 0 Å². The smallest absolute Gasteiger partial charge is 0.0702 e. The third-order valence-corrected chi connectivity index (χ3v) is 1.98. The van der Waals surface area contributed by atoms with E-state index in [0.29, 0.717) is 0 Å². The number of hydrogen-bond donors (Lipinski definition) is 2. The molecule has 0 unspecified atom stereocenters. The van der Waals surface area contributed by atoms with Gasteiger partial charge in [0.2, 0.25) is 0 Å². The zero-order valence-corrected chi connectivity index (χ0v) is 7.99. The van der Waals surface area contributed by atoms with Crippen LogP contribution in [0.1, 0.15) is 11.1 Å². The lowest BCUT2D eigenvalue weighted by atomic mass is 10.1. The summed E-state index contributed by atoms with van der Waals surface area (Å²) in [6, 6.07) is 5.53. The third-order valence-electron chi connectivity index (χ3n) is 1.98. The van der Waals surface area contributed by atoms with Crippen molar-refractivity contribution >= 4 is 5.69 Å². The number of aliphatic hydroxyl groups excluding tert-OH is 2. The highest BCUT2D eigenvalue weighted by Crippen LogP contribution is 2.20. The maximum absolute atomic E-state index is 9.04. The first kappa shape index (κ1) is 10.0. The van der Waals surface area contributed by atoms with Gasteiger partial charge in [0, 0.05) is 25.3 Å². The second-order valence-electron chi connectivity index (χ2n) is 3.17. The number of hydrogen-bond acceptors (Lipinski definition) is 3. The second-order valence-corrected chi connectivity index (χ2v) is 3.17. The van der Waals surface area contributed by atoms with Crippen LogP contribution in [0, 0.1) is 0 Å². The molecule has 0 aromatic heterocycles. The topological polar surface area (TPSA) is 43.7 Å². The summed E-state index contributed by atoms with van der Waals surface area (Å²) in [4.78, 5) is 1.92. The monoisotopic (exact) mass is 181 g/mol. The van der Waals surface area contributed by atoms with Crippen molar-refractivity contribution < 1.29 is 10.2 Å². The van der Waals surface area contributed by atoms with Crippen LogP contribution in [0.25, 0.3) is 0 Å². The molecule has 0 aliphatic rings. The zero-order chi connectivity index (χ0) is 9.84. The van der Waals surface area contributed by atoms with E-state index in [2.05, 4.69) is 0 Å². The van der Waals surface area contributed by atoms with Crippen LogP contribution in [0.15, 0.2) is 18.2 Å². The lowest BCUT2D eigenvalue weighted by molar-refractivity contribution is 0.278. The fourth-order valence-corrected chi connectivity index (χ4v) is 1.26. The minimum atomic E-state index is 0.0270. The van der Waals surface area contributed by atoms with Crippen LogP contribution in [-0.2, 0) is 13.2 Å². The average molecular weight is 181 g/mol. The highest BCUT2D eigenvalue weighted by atomic mass is 16.3. The van der Waals surface area contributed by atoms with Crippen LogP contribution in [-0.4, -0.2) is 24.3 Å². The molecule has 0 saturated heterocycles. The Labute approximate surface area is 78.2 Å². The number of aliphatic hydroxyl groups is 2. The van der Waals surface area contributed by atoms with Crippen LogP contribution in [0.3, 0.4) is 0 Å². The van der Waals surface area contributed by atoms with Gasteiger partial charge in [-0.25, -0.2) is 0 Å². The molecule has 3 heteroatoms. The van der Waals surface area contributed by atoms with Gasteiger partial charge in [-0.05, 0) is 11.6 Å². The first-order valence-electron chi connectivity index (χ1n) is 4.20. The van der Waals surface area contributed by atoms with Gasteiger partial charge in [-0.15, -0.1) is 0 Å². The van der Waals surface area contributed by atoms with Crippen molar-refractivity contribution in [1.29, 1.82) is 0 Å². The van der Waals surface area contributed by atoms with Crippen molar-refractivity contribution in [3.8, 4) is 0 Å². The molecule has 0 atom stereocenters. The van der Waals surface area contributed by atoms with E-state index in [-0.39, 0.29) is 13.2 Å². The molecule has 1 aromatic carbocycles. The maximum Gasteiger partial charge on any atom is 0.0702 e. The van der Waals surface area contributed by atoms with Gasteiger partial charge in [0.15, 0.2) is 0 Å². The minimum absolute atomic E-state index is 0.0270. The second kappa shape index (κ2) is 4.25. The molecular formula is C10H15NO2. The summed E-state index contributed by atoms with van der Waals surface area (Å²) in [7, 11) is 3.82. The molecule has 0 aliphatic carbocycles. The first-order valence-corrected chi connectivity index (χ1v) is 4.20. The van der Waals surface area contributed by atoms with Crippen molar-refractivity contribution in [3.63, 3.8) is 0 Å². The highest BCUT2D eigenvalue weighted by molar-refractivity contribution is 5.54. The van der Waals surface area contributed by atoms with Gasteiger partial charge in [0.05, 0.1) is 13.2 Å². The van der Waals surface area contributed by atoms with Gasteiger partial charge in [-0.3, -0.25) is 0 Å². The Kier molecular flexibility index (Phi) is 3.28. The molecule has 0 aliphatic heterocycles. The van der Waals surface area contributed by atoms with E-state index in [1.807, 2.05) is 37.2 Å². The van der Waals surface area contributed by atoms with Crippen LogP contribution in [0.5, 0.6) is 0 Å². The molecular weight excluding hydrogens is 166 g/mol. The molecule has 0 heterocycles. The fourth-order valence-electron chi connectivity index (χ4n) is 1.26. The molecule has 13 heavy (non-hydrogen) atoms. The zero-order valence-electron chi connectivity index (χ0n) is 7.99. The van der Waals surface area contributed by atoms with Crippen LogP contribution in [0.4, 0.5) is 5.69 Å². The number of rotatable bonds is 3. The molecule has 0 fully saturated rings. The van der Waals surface area contributed by atoms with Crippen molar-refractivity contribution in [3.05, 3.63) is 29.3 Å². The van der Waals surface area contributed by atoms with E-state index in [0.717, 1.165) is 16.8 Å². The molecule has 2 N–H and O–H groups in total. The van der Waals surface area contributed by atoms with Crippen molar-refractivity contribution in [2.24, 2.45) is 0 Å². The summed E-state index contributed by atoms with van der Waals surface area (Å²) in [6.45, 7) is 0.0613. The molecule has 0 radical (unpaired) electrons. The predicted octanol–water partition coefficient (Wildman–Crippen LogP) is 0.737. The van der Waals surface area contributed by atoms with Crippen molar-refractivity contribution in [2.45, 2.75) is 13.2 Å². The van der Waals surface area contributed by atoms with Crippen LogP contribution in [0.2, 0.25) is 0 Å². The molecule has 72 valence electrons. The Bertz CT molecular complexity index is 284. The van der Waals surface area contributed by atoms with Gasteiger partial charge >= 0.3 is 0 Å². The molecule has 0 saturated carbocycles. The minimum Gasteiger partial charge on any atom is -0.392 e.